The summed E-state index contributed by atoms with van der Waals surface area (Å²) in [6, 6.07) is 28.5. The summed E-state index contributed by atoms with van der Waals surface area (Å²) < 4.78 is 7.01. The summed E-state index contributed by atoms with van der Waals surface area (Å²) in [6.45, 7) is 15.7. The molecule has 3 atom stereocenters. The fourth-order valence-corrected chi connectivity index (χ4v) is 15.0. The summed E-state index contributed by atoms with van der Waals surface area (Å²) in [4.78, 5) is 42.9. The third-order valence-electron chi connectivity index (χ3n) is 12.8. The molecule has 0 unspecified atom stereocenters. The standard InChI is InChI=1S/C54H84N2O4Si/c1-8-9-10-11-12-13-14-15-16-17-18-19-20-21-22-32-39-61(53(2,3)4,54(5,6)7)60-52(59)49(42-46-37-30-25-31-38-46)56-51(58)47(40-44-33-26-23-27-34-44)43-50(57)48(55)41-45-35-28-24-29-36-45/h23-31,33-38,47-49H,8-22,32,39-43,55H2,1-7H3,(H,56,58)/t47-,48+,49+/m1/s1. The van der Waals surface area contributed by atoms with Gasteiger partial charge in [0.2, 0.25) is 5.91 Å². The van der Waals surface area contributed by atoms with Crippen LogP contribution in [0, 0.1) is 5.92 Å². The number of carbonyl (C=O) groups is 3. The monoisotopic (exact) mass is 853 g/mol. The van der Waals surface area contributed by atoms with Crippen LogP contribution in [-0.2, 0) is 38.1 Å². The quantitative estimate of drug-likeness (QED) is 0.0514. The molecule has 6 nitrogen and oxygen atoms in total. The van der Waals surface area contributed by atoms with E-state index in [0.29, 0.717) is 19.3 Å². The molecule has 1 amide bonds. The Balaban J connectivity index is 1.69. The first-order chi connectivity index (χ1) is 29.2. The number of hydrogen-bond donors (Lipinski definition) is 2. The van der Waals surface area contributed by atoms with Crippen molar-refractivity contribution in [3.8, 4) is 0 Å². The second kappa shape index (κ2) is 27.5. The lowest BCUT2D eigenvalue weighted by Gasteiger charge is -2.50. The smallest absolute Gasteiger partial charge is 0.315 e. The first-order valence-corrected chi connectivity index (χ1v) is 26.2. The van der Waals surface area contributed by atoms with E-state index in [4.69, 9.17) is 10.2 Å². The molecule has 0 bridgehead atoms. The lowest BCUT2D eigenvalue weighted by molar-refractivity contribution is -0.141. The van der Waals surface area contributed by atoms with Crippen molar-refractivity contribution in [2.24, 2.45) is 11.7 Å². The number of benzene rings is 3. The number of nitrogens with one attached hydrogen (secondary N) is 1. The Morgan fingerprint density at radius 1 is 0.557 bits per heavy atom. The van der Waals surface area contributed by atoms with Gasteiger partial charge in [0, 0.05) is 18.8 Å². The fraction of sp³-hybridized carbons (Fsp3) is 0.611. The molecule has 3 aromatic rings. The number of carbonyl (C=O) groups excluding carboxylic acids is 3. The van der Waals surface area contributed by atoms with Crippen LogP contribution in [0.4, 0.5) is 0 Å². The average Bonchev–Trinajstić information content (AvgIpc) is 3.22. The molecule has 7 heteroatoms. The molecule has 0 fully saturated rings. The van der Waals surface area contributed by atoms with Gasteiger partial charge in [0.1, 0.15) is 6.04 Å². The van der Waals surface area contributed by atoms with Gasteiger partial charge >= 0.3 is 5.97 Å². The Labute approximate surface area is 373 Å². The van der Waals surface area contributed by atoms with Gasteiger partial charge in [-0.05, 0) is 45.7 Å². The van der Waals surface area contributed by atoms with E-state index in [-0.39, 0.29) is 34.2 Å². The third kappa shape index (κ3) is 18.8. The van der Waals surface area contributed by atoms with Crippen molar-refractivity contribution in [2.75, 3.05) is 0 Å². The van der Waals surface area contributed by atoms with E-state index in [1.54, 1.807) is 0 Å². The summed E-state index contributed by atoms with van der Waals surface area (Å²) in [6.07, 6.45) is 22.1. The summed E-state index contributed by atoms with van der Waals surface area (Å²) in [7, 11) is -2.84. The van der Waals surface area contributed by atoms with E-state index >= 15 is 0 Å². The molecule has 0 aliphatic carbocycles. The Morgan fingerprint density at radius 2 is 0.934 bits per heavy atom. The van der Waals surface area contributed by atoms with Gasteiger partial charge in [-0.1, -0.05) is 242 Å². The molecule has 3 aromatic carbocycles. The Kier molecular flexibility index (Phi) is 23.3. The maximum Gasteiger partial charge on any atom is 0.315 e. The van der Waals surface area contributed by atoms with E-state index in [1.807, 2.05) is 91.0 Å². The zero-order valence-corrected chi connectivity index (χ0v) is 40.5. The lowest BCUT2D eigenvalue weighted by Crippen LogP contribution is -2.58. The van der Waals surface area contributed by atoms with Gasteiger partial charge in [-0.2, -0.15) is 0 Å². The SMILES string of the molecule is CCCCCCCCCCCCCCCCCC[Si](OC(=O)[C@H](Cc1ccccc1)NC(=O)[C@@H](CC(=O)[C@@H](N)Cc1ccccc1)Cc1ccccc1)(C(C)(C)C)C(C)(C)C. The summed E-state index contributed by atoms with van der Waals surface area (Å²) in [5.74, 6) is -1.60. The van der Waals surface area contributed by atoms with E-state index in [9.17, 15) is 14.4 Å². The minimum absolute atomic E-state index is 0.0241. The molecule has 0 aliphatic heterocycles. The van der Waals surface area contributed by atoms with Crippen LogP contribution in [0.2, 0.25) is 16.1 Å². The van der Waals surface area contributed by atoms with Crippen molar-refractivity contribution in [1.29, 1.82) is 0 Å². The van der Waals surface area contributed by atoms with Gasteiger partial charge in [-0.15, -0.1) is 0 Å². The zero-order valence-electron chi connectivity index (χ0n) is 39.5. The van der Waals surface area contributed by atoms with E-state index in [1.165, 1.54) is 89.9 Å². The molecular formula is C54H84N2O4Si. The van der Waals surface area contributed by atoms with Crippen LogP contribution in [0.3, 0.4) is 0 Å². The van der Waals surface area contributed by atoms with Gasteiger partial charge < -0.3 is 15.5 Å². The minimum atomic E-state index is -2.84. The molecule has 0 saturated carbocycles. The van der Waals surface area contributed by atoms with Gasteiger partial charge in [0.05, 0.1) is 6.04 Å². The van der Waals surface area contributed by atoms with Crippen LogP contribution in [-0.4, -0.2) is 38.1 Å². The van der Waals surface area contributed by atoms with E-state index < -0.39 is 26.3 Å². The topological polar surface area (TPSA) is 98.5 Å². The van der Waals surface area contributed by atoms with Gasteiger partial charge in [-0.25, -0.2) is 0 Å². The number of nitrogens with two attached hydrogens (primary N) is 1. The van der Waals surface area contributed by atoms with Gasteiger partial charge in [0.25, 0.3) is 8.32 Å². The largest absolute Gasteiger partial charge is 0.516 e. The van der Waals surface area contributed by atoms with Crippen LogP contribution in [0.15, 0.2) is 91.0 Å². The highest BCUT2D eigenvalue weighted by molar-refractivity contribution is 6.80. The van der Waals surface area contributed by atoms with Crippen LogP contribution in [0.1, 0.15) is 174 Å². The van der Waals surface area contributed by atoms with Gasteiger partial charge in [0.15, 0.2) is 5.78 Å². The Hall–Kier alpha value is -3.55. The highest BCUT2D eigenvalue weighted by Crippen LogP contribution is 2.54. The van der Waals surface area contributed by atoms with Crippen molar-refractivity contribution < 1.29 is 18.8 Å². The highest BCUT2D eigenvalue weighted by Gasteiger charge is 2.57. The maximum absolute atomic E-state index is 14.8. The minimum Gasteiger partial charge on any atom is -0.516 e. The second-order valence-electron chi connectivity index (χ2n) is 19.9. The van der Waals surface area contributed by atoms with Gasteiger partial charge in [-0.3, -0.25) is 14.4 Å². The maximum atomic E-state index is 14.8. The number of hydrogen-bond acceptors (Lipinski definition) is 5. The number of Topliss-reactive ketones (excluding diaryl/α,β-unsaturated/α-hetero) is 1. The normalized spacial score (nSPS) is 13.6. The third-order valence-corrected chi connectivity index (χ3v) is 19.3. The summed E-state index contributed by atoms with van der Waals surface area (Å²) >= 11 is 0. The predicted molar refractivity (Wildman–Crippen MR) is 259 cm³/mol. The molecule has 0 saturated heterocycles. The summed E-state index contributed by atoms with van der Waals surface area (Å²) in [5, 5.41) is 2.66. The lowest BCUT2D eigenvalue weighted by atomic mass is 9.89. The number of amides is 1. The van der Waals surface area contributed by atoms with Crippen molar-refractivity contribution in [2.45, 2.75) is 205 Å². The molecule has 0 heterocycles. The van der Waals surface area contributed by atoms with Crippen molar-refractivity contribution >= 4 is 26.0 Å². The molecule has 338 valence electrons. The van der Waals surface area contributed by atoms with Crippen LogP contribution >= 0.6 is 0 Å². The molecular weight excluding hydrogens is 769 g/mol. The molecule has 0 spiro atoms. The number of rotatable bonds is 30. The van der Waals surface area contributed by atoms with Crippen molar-refractivity contribution in [3.05, 3.63) is 108 Å². The summed E-state index contributed by atoms with van der Waals surface area (Å²) in [5.41, 5.74) is 9.31. The first-order valence-electron chi connectivity index (χ1n) is 24.1. The number of unbranched alkanes of at least 4 members (excludes halogenated alkanes) is 15. The van der Waals surface area contributed by atoms with E-state index in [2.05, 4.69) is 53.8 Å². The first kappa shape index (κ1) is 51.8. The molecule has 3 N–H and O–H groups in total. The molecule has 0 radical (unpaired) electrons. The number of ketones is 1. The second-order valence-corrected chi connectivity index (χ2v) is 25.3. The van der Waals surface area contributed by atoms with Crippen LogP contribution in [0.5, 0.6) is 0 Å². The van der Waals surface area contributed by atoms with Crippen molar-refractivity contribution in [3.63, 3.8) is 0 Å². The predicted octanol–water partition coefficient (Wildman–Crippen LogP) is 13.5. The van der Waals surface area contributed by atoms with Crippen LogP contribution in [0.25, 0.3) is 0 Å². The molecule has 61 heavy (non-hydrogen) atoms. The van der Waals surface area contributed by atoms with E-state index in [0.717, 1.165) is 35.6 Å². The van der Waals surface area contributed by atoms with Crippen LogP contribution < -0.4 is 11.1 Å². The Bertz CT molecular complexity index is 1640. The Morgan fingerprint density at radius 3 is 1.34 bits per heavy atom. The highest BCUT2D eigenvalue weighted by atomic mass is 28.4. The fourth-order valence-electron chi connectivity index (χ4n) is 9.26. The zero-order chi connectivity index (χ0) is 44.6. The molecule has 0 aliphatic rings. The average molecular weight is 853 g/mol. The van der Waals surface area contributed by atoms with Crippen molar-refractivity contribution in [1.82, 2.24) is 5.32 Å². The molecule has 3 rings (SSSR count). The molecule has 0 aromatic heterocycles.